The summed E-state index contributed by atoms with van der Waals surface area (Å²) in [5.74, 6) is 1.58. The number of carbonyl (C=O) groups is 1. The number of nitrogens with zero attached hydrogens (tertiary/aromatic N) is 1. The molecule has 3 N–H and O–H groups in total. The molecule has 1 aliphatic heterocycles. The van der Waals surface area contributed by atoms with E-state index in [9.17, 15) is 4.79 Å². The van der Waals surface area contributed by atoms with Crippen molar-refractivity contribution in [2.75, 3.05) is 13.1 Å². The molecule has 1 atom stereocenters. The number of carbonyl (C=O) groups excluding carboxylic acids is 1. The number of aromatic amines is 1. The quantitative estimate of drug-likeness (QED) is 0.779. The summed E-state index contributed by atoms with van der Waals surface area (Å²) < 4.78 is 0. The number of imidazole rings is 1. The maximum Gasteiger partial charge on any atom is 0.220 e. The summed E-state index contributed by atoms with van der Waals surface area (Å²) in [5, 5.41) is 6.25. The Morgan fingerprint density at radius 2 is 2.14 bits per heavy atom. The number of hydrogen-bond acceptors (Lipinski definition) is 3. The number of H-pyrrole nitrogens is 1. The molecule has 7 heteroatoms. The van der Waals surface area contributed by atoms with E-state index in [-0.39, 0.29) is 30.7 Å². The largest absolute Gasteiger partial charge is 0.349 e. The standard InChI is InChI=1S/C15H20N4O.2ClH/c20-15(6-5-11-7-8-16-9-11)17-10-14-18-12-3-1-2-4-13(12)19-14;;/h1-4,11,16H,5-10H2,(H,17,20)(H,18,19);2*1H. The molecule has 2 heterocycles. The summed E-state index contributed by atoms with van der Waals surface area (Å²) in [5.41, 5.74) is 1.95. The van der Waals surface area contributed by atoms with Gasteiger partial charge >= 0.3 is 0 Å². The number of aromatic nitrogens is 2. The van der Waals surface area contributed by atoms with Crippen molar-refractivity contribution in [3.05, 3.63) is 30.1 Å². The molecule has 2 aromatic rings. The molecule has 1 aliphatic rings. The van der Waals surface area contributed by atoms with Gasteiger partial charge in [-0.15, -0.1) is 24.8 Å². The van der Waals surface area contributed by atoms with Crippen LogP contribution < -0.4 is 10.6 Å². The van der Waals surface area contributed by atoms with Gasteiger partial charge in [-0.1, -0.05) is 12.1 Å². The average molecular weight is 345 g/mol. The highest BCUT2D eigenvalue weighted by Crippen LogP contribution is 2.14. The van der Waals surface area contributed by atoms with Crippen molar-refractivity contribution in [2.45, 2.75) is 25.8 Å². The van der Waals surface area contributed by atoms with Crippen LogP contribution in [-0.2, 0) is 11.3 Å². The number of para-hydroxylation sites is 2. The molecule has 0 radical (unpaired) electrons. The van der Waals surface area contributed by atoms with E-state index in [0.29, 0.717) is 18.9 Å². The number of fused-ring (bicyclic) bond motifs is 1. The highest BCUT2D eigenvalue weighted by Gasteiger charge is 2.15. The summed E-state index contributed by atoms with van der Waals surface area (Å²) in [6.07, 6.45) is 2.77. The van der Waals surface area contributed by atoms with Crippen molar-refractivity contribution in [1.29, 1.82) is 0 Å². The zero-order valence-electron chi connectivity index (χ0n) is 12.3. The van der Waals surface area contributed by atoms with Gasteiger partial charge in [0, 0.05) is 6.42 Å². The zero-order valence-corrected chi connectivity index (χ0v) is 13.9. The minimum absolute atomic E-state index is 0. The van der Waals surface area contributed by atoms with Gasteiger partial charge in [0.15, 0.2) is 0 Å². The lowest BCUT2D eigenvalue weighted by atomic mass is 10.0. The molecule has 1 aromatic carbocycles. The van der Waals surface area contributed by atoms with Crippen LogP contribution in [0, 0.1) is 5.92 Å². The van der Waals surface area contributed by atoms with E-state index >= 15 is 0 Å². The van der Waals surface area contributed by atoms with E-state index < -0.39 is 0 Å². The van der Waals surface area contributed by atoms with Crippen LogP contribution in [0.25, 0.3) is 11.0 Å². The minimum atomic E-state index is 0. The summed E-state index contributed by atoms with van der Waals surface area (Å²) in [4.78, 5) is 19.5. The Kier molecular flexibility index (Phi) is 7.65. The molecule has 1 unspecified atom stereocenters. The Bertz CT molecular complexity index is 563. The van der Waals surface area contributed by atoms with Gasteiger partial charge in [-0.2, -0.15) is 0 Å². The number of halogens is 2. The summed E-state index contributed by atoms with van der Waals surface area (Å²) in [6, 6.07) is 7.88. The molecule has 122 valence electrons. The van der Waals surface area contributed by atoms with Crippen LogP contribution in [-0.4, -0.2) is 29.0 Å². The van der Waals surface area contributed by atoms with Crippen molar-refractivity contribution < 1.29 is 4.79 Å². The second-order valence-electron chi connectivity index (χ2n) is 5.37. The second-order valence-corrected chi connectivity index (χ2v) is 5.37. The van der Waals surface area contributed by atoms with Gasteiger partial charge in [-0.25, -0.2) is 4.98 Å². The summed E-state index contributed by atoms with van der Waals surface area (Å²) >= 11 is 0. The van der Waals surface area contributed by atoms with Crippen LogP contribution in [0.2, 0.25) is 0 Å². The molecule has 1 amide bonds. The molecule has 0 spiro atoms. The number of benzene rings is 1. The minimum Gasteiger partial charge on any atom is -0.349 e. The van der Waals surface area contributed by atoms with Gasteiger partial charge in [0.05, 0.1) is 17.6 Å². The fourth-order valence-corrected chi connectivity index (χ4v) is 2.66. The molecular formula is C15H22Cl2N4O. The van der Waals surface area contributed by atoms with Crippen molar-refractivity contribution in [1.82, 2.24) is 20.6 Å². The molecule has 1 fully saturated rings. The number of hydrogen-bond donors (Lipinski definition) is 3. The number of amides is 1. The molecular weight excluding hydrogens is 323 g/mol. The highest BCUT2D eigenvalue weighted by molar-refractivity contribution is 5.85. The SMILES string of the molecule is Cl.Cl.O=C(CCC1CCNC1)NCc1nc2ccccc2[nH]1. The Balaban J connectivity index is 0.00000121. The molecule has 1 saturated heterocycles. The first-order valence-corrected chi connectivity index (χ1v) is 7.22. The lowest BCUT2D eigenvalue weighted by Gasteiger charge is -2.07. The Labute approximate surface area is 142 Å². The molecule has 0 aliphatic carbocycles. The third-order valence-electron chi connectivity index (χ3n) is 3.83. The summed E-state index contributed by atoms with van der Waals surface area (Å²) in [7, 11) is 0. The van der Waals surface area contributed by atoms with Crippen molar-refractivity contribution in [3.63, 3.8) is 0 Å². The van der Waals surface area contributed by atoms with E-state index in [4.69, 9.17) is 0 Å². The molecule has 5 nitrogen and oxygen atoms in total. The average Bonchev–Trinajstić information content (AvgIpc) is 3.11. The third kappa shape index (κ3) is 4.87. The smallest absolute Gasteiger partial charge is 0.220 e. The van der Waals surface area contributed by atoms with Crippen LogP contribution in [0.3, 0.4) is 0 Å². The lowest BCUT2D eigenvalue weighted by Crippen LogP contribution is -2.24. The topological polar surface area (TPSA) is 69.8 Å². The Morgan fingerprint density at radius 1 is 1.32 bits per heavy atom. The number of rotatable bonds is 5. The fourth-order valence-electron chi connectivity index (χ4n) is 2.66. The monoisotopic (exact) mass is 344 g/mol. The van der Waals surface area contributed by atoms with Crippen LogP contribution in [0.1, 0.15) is 25.1 Å². The Hall–Kier alpha value is -1.30. The van der Waals surface area contributed by atoms with E-state index in [0.717, 1.165) is 36.4 Å². The first-order valence-electron chi connectivity index (χ1n) is 7.22. The van der Waals surface area contributed by atoms with E-state index in [1.807, 2.05) is 24.3 Å². The molecule has 1 aromatic heterocycles. The second kappa shape index (κ2) is 8.98. The maximum absolute atomic E-state index is 11.8. The lowest BCUT2D eigenvalue weighted by molar-refractivity contribution is -0.121. The first-order chi connectivity index (χ1) is 9.81. The van der Waals surface area contributed by atoms with Gasteiger partial charge in [-0.05, 0) is 44.0 Å². The Morgan fingerprint density at radius 3 is 2.86 bits per heavy atom. The molecule has 22 heavy (non-hydrogen) atoms. The number of nitrogens with one attached hydrogen (secondary N) is 3. The van der Waals surface area contributed by atoms with Crippen LogP contribution in [0.5, 0.6) is 0 Å². The van der Waals surface area contributed by atoms with Crippen molar-refractivity contribution in [3.8, 4) is 0 Å². The maximum atomic E-state index is 11.8. The molecule has 0 saturated carbocycles. The van der Waals surface area contributed by atoms with Gasteiger partial charge in [-0.3, -0.25) is 4.79 Å². The van der Waals surface area contributed by atoms with E-state index in [1.165, 1.54) is 6.42 Å². The van der Waals surface area contributed by atoms with E-state index in [2.05, 4.69) is 20.6 Å². The normalized spacial score (nSPS) is 16.8. The first kappa shape index (κ1) is 18.7. The van der Waals surface area contributed by atoms with E-state index in [1.54, 1.807) is 0 Å². The van der Waals surface area contributed by atoms with Crippen molar-refractivity contribution in [2.24, 2.45) is 5.92 Å². The van der Waals surface area contributed by atoms with Crippen molar-refractivity contribution >= 4 is 41.8 Å². The third-order valence-corrected chi connectivity index (χ3v) is 3.83. The molecule has 0 bridgehead atoms. The van der Waals surface area contributed by atoms with Gasteiger partial charge in [0.1, 0.15) is 5.82 Å². The predicted molar refractivity (Wildman–Crippen MR) is 92.6 cm³/mol. The highest BCUT2D eigenvalue weighted by atomic mass is 35.5. The van der Waals surface area contributed by atoms with Crippen LogP contribution >= 0.6 is 24.8 Å². The van der Waals surface area contributed by atoms with Gasteiger partial charge < -0.3 is 15.6 Å². The zero-order chi connectivity index (χ0) is 13.8. The fraction of sp³-hybridized carbons (Fsp3) is 0.467. The van der Waals surface area contributed by atoms with Gasteiger partial charge in [0.25, 0.3) is 0 Å². The predicted octanol–water partition coefficient (Wildman–Crippen LogP) is 2.41. The van der Waals surface area contributed by atoms with Crippen LogP contribution in [0.15, 0.2) is 24.3 Å². The van der Waals surface area contributed by atoms with Crippen LogP contribution in [0.4, 0.5) is 0 Å². The molecule has 3 rings (SSSR count). The summed E-state index contributed by atoms with van der Waals surface area (Å²) in [6.45, 7) is 2.61. The van der Waals surface area contributed by atoms with Gasteiger partial charge in [0.2, 0.25) is 5.91 Å².